The number of benzene rings is 7. The van der Waals surface area contributed by atoms with Crippen molar-refractivity contribution in [2.24, 2.45) is 0 Å². The molecule has 0 aromatic heterocycles. The lowest BCUT2D eigenvalue weighted by Crippen LogP contribution is -2.62. The standard InChI is InChI=1S/C54H45BN2/c1-5-19-36(20-6-1)56-45-28-14-13-27-44(45)55-50-46(30-29-42-48(50)38-23-9-11-25-40(38)53(42)31-15-3-16-32-53)57(37-21-7-2-8-22-37)52-49-39-24-10-12-26-41(39)54(33-17-4-18-34-54)43(49)35-47(56)51(52)55/h1-2,5-14,19-30,35H,3-4,15-18,31-34H2. The monoisotopic (exact) mass is 732 g/mol. The fourth-order valence-electron chi connectivity index (χ4n) is 13.1. The lowest BCUT2D eigenvalue weighted by atomic mass is 9.32. The highest BCUT2D eigenvalue weighted by Gasteiger charge is 2.54. The summed E-state index contributed by atoms with van der Waals surface area (Å²) in [6.45, 7) is 0.0724. The summed E-state index contributed by atoms with van der Waals surface area (Å²) in [4.78, 5) is 5.34. The largest absolute Gasteiger partial charge is 0.311 e. The van der Waals surface area contributed by atoms with Crippen molar-refractivity contribution in [2.45, 2.75) is 75.0 Å². The molecule has 6 aliphatic rings. The Kier molecular flexibility index (Phi) is 6.73. The van der Waals surface area contributed by atoms with Crippen molar-refractivity contribution < 1.29 is 0 Å². The Labute approximate surface area is 336 Å². The first kappa shape index (κ1) is 32.3. The van der Waals surface area contributed by atoms with Gasteiger partial charge in [-0.15, -0.1) is 0 Å². The molecule has 2 fully saturated rings. The molecule has 7 aromatic carbocycles. The van der Waals surface area contributed by atoms with Gasteiger partial charge in [-0.2, -0.15) is 0 Å². The molecular weight excluding hydrogens is 687 g/mol. The van der Waals surface area contributed by atoms with Crippen LogP contribution in [0.25, 0.3) is 22.3 Å². The highest BCUT2D eigenvalue weighted by Crippen LogP contribution is 2.62. The van der Waals surface area contributed by atoms with Gasteiger partial charge in [0, 0.05) is 44.8 Å². The average Bonchev–Trinajstić information content (AvgIpc) is 3.70. The van der Waals surface area contributed by atoms with Gasteiger partial charge in [0.15, 0.2) is 0 Å². The number of nitrogens with zero attached hydrogens (tertiary/aromatic N) is 2. The topological polar surface area (TPSA) is 6.48 Å². The van der Waals surface area contributed by atoms with E-state index in [0.29, 0.717) is 0 Å². The molecule has 57 heavy (non-hydrogen) atoms. The van der Waals surface area contributed by atoms with Crippen molar-refractivity contribution in [1.29, 1.82) is 0 Å². The molecule has 7 aromatic rings. The van der Waals surface area contributed by atoms with Crippen LogP contribution < -0.4 is 26.2 Å². The second-order valence-corrected chi connectivity index (χ2v) is 17.7. The van der Waals surface area contributed by atoms with Crippen LogP contribution in [0.3, 0.4) is 0 Å². The van der Waals surface area contributed by atoms with E-state index < -0.39 is 0 Å². The van der Waals surface area contributed by atoms with Gasteiger partial charge < -0.3 is 9.80 Å². The maximum atomic E-state index is 2.72. The summed E-state index contributed by atoms with van der Waals surface area (Å²) in [6, 6.07) is 58.8. The number of para-hydroxylation sites is 3. The van der Waals surface area contributed by atoms with Crippen molar-refractivity contribution in [3.05, 3.63) is 174 Å². The summed E-state index contributed by atoms with van der Waals surface area (Å²) < 4.78 is 0. The van der Waals surface area contributed by atoms with Crippen LogP contribution in [0.15, 0.2) is 152 Å². The van der Waals surface area contributed by atoms with E-state index in [1.807, 2.05) is 0 Å². The van der Waals surface area contributed by atoms with Gasteiger partial charge in [0.25, 0.3) is 6.71 Å². The molecule has 0 saturated heterocycles. The molecule has 2 spiro atoms. The van der Waals surface area contributed by atoms with Crippen LogP contribution >= 0.6 is 0 Å². The number of hydrogen-bond donors (Lipinski definition) is 0. The molecule has 2 aliphatic heterocycles. The summed E-state index contributed by atoms with van der Waals surface area (Å²) in [6.07, 6.45) is 12.6. The minimum Gasteiger partial charge on any atom is -0.311 e. The third-order valence-corrected chi connectivity index (χ3v) is 15.2. The van der Waals surface area contributed by atoms with Gasteiger partial charge in [0.05, 0.1) is 5.69 Å². The van der Waals surface area contributed by atoms with E-state index in [-0.39, 0.29) is 17.5 Å². The van der Waals surface area contributed by atoms with Gasteiger partial charge in [-0.05, 0) is 123 Å². The summed E-state index contributed by atoms with van der Waals surface area (Å²) in [5, 5.41) is 0. The van der Waals surface area contributed by atoms with Gasteiger partial charge in [0.1, 0.15) is 0 Å². The molecule has 2 nitrogen and oxygen atoms in total. The Morgan fingerprint density at radius 2 is 0.930 bits per heavy atom. The van der Waals surface area contributed by atoms with E-state index in [2.05, 4.69) is 161 Å². The molecule has 0 unspecified atom stereocenters. The van der Waals surface area contributed by atoms with Crippen molar-refractivity contribution in [2.75, 3.05) is 9.80 Å². The van der Waals surface area contributed by atoms with Gasteiger partial charge in [-0.25, -0.2) is 0 Å². The molecule has 2 heterocycles. The summed E-state index contributed by atoms with van der Waals surface area (Å²) in [5.41, 5.74) is 24.3. The lowest BCUT2D eigenvalue weighted by Gasteiger charge is -2.47. The van der Waals surface area contributed by atoms with E-state index in [9.17, 15) is 0 Å². The van der Waals surface area contributed by atoms with E-state index >= 15 is 0 Å². The number of hydrogen-bond acceptors (Lipinski definition) is 2. The van der Waals surface area contributed by atoms with Crippen molar-refractivity contribution in [3.63, 3.8) is 0 Å². The third kappa shape index (κ3) is 4.12. The van der Waals surface area contributed by atoms with E-state index in [1.54, 1.807) is 16.7 Å². The summed E-state index contributed by atoms with van der Waals surface area (Å²) >= 11 is 0. The molecule has 0 amide bonds. The Morgan fingerprint density at radius 3 is 1.60 bits per heavy atom. The highest BCUT2D eigenvalue weighted by atomic mass is 15.2. The quantitative estimate of drug-likeness (QED) is 0.163. The molecule has 0 radical (unpaired) electrons. The number of fused-ring (bicyclic) bond motifs is 16. The minimum absolute atomic E-state index is 0.0113. The average molecular weight is 733 g/mol. The molecule has 274 valence electrons. The molecule has 4 aliphatic carbocycles. The van der Waals surface area contributed by atoms with E-state index in [0.717, 1.165) is 0 Å². The van der Waals surface area contributed by atoms with Crippen molar-refractivity contribution >= 4 is 57.2 Å². The predicted octanol–water partition coefficient (Wildman–Crippen LogP) is 12.2. The zero-order valence-corrected chi connectivity index (χ0v) is 32.5. The second kappa shape index (κ2) is 11.9. The van der Waals surface area contributed by atoms with E-state index in [4.69, 9.17) is 0 Å². The highest BCUT2D eigenvalue weighted by molar-refractivity contribution is 7.01. The Balaban J connectivity index is 1.22. The second-order valence-electron chi connectivity index (χ2n) is 17.7. The van der Waals surface area contributed by atoms with Crippen LogP contribution in [-0.4, -0.2) is 6.71 Å². The molecule has 13 rings (SSSR count). The predicted molar refractivity (Wildman–Crippen MR) is 239 cm³/mol. The first-order valence-electron chi connectivity index (χ1n) is 21.7. The van der Waals surface area contributed by atoms with Gasteiger partial charge in [-0.3, -0.25) is 0 Å². The van der Waals surface area contributed by atoms with Gasteiger partial charge >= 0.3 is 0 Å². The number of rotatable bonds is 2. The van der Waals surface area contributed by atoms with Gasteiger partial charge in [0.2, 0.25) is 0 Å². The fraction of sp³-hybridized carbons (Fsp3) is 0.222. The normalized spacial score (nSPS) is 18.4. The molecular formula is C54H45BN2. The maximum absolute atomic E-state index is 2.72. The Hall–Kier alpha value is -5.80. The van der Waals surface area contributed by atoms with Crippen LogP contribution in [0, 0.1) is 0 Å². The third-order valence-electron chi connectivity index (χ3n) is 15.2. The molecule has 3 heteroatoms. The summed E-state index contributed by atoms with van der Waals surface area (Å²) in [5.74, 6) is 0. The van der Waals surface area contributed by atoms with Crippen molar-refractivity contribution in [3.8, 4) is 22.3 Å². The molecule has 2 saturated carbocycles. The van der Waals surface area contributed by atoms with Crippen LogP contribution in [-0.2, 0) is 10.8 Å². The van der Waals surface area contributed by atoms with E-state index in [1.165, 1.54) is 143 Å². The molecule has 0 bridgehead atoms. The Bertz CT molecular complexity index is 2770. The van der Waals surface area contributed by atoms with Crippen LogP contribution in [0.1, 0.15) is 86.5 Å². The lowest BCUT2D eigenvalue weighted by molar-refractivity contribution is 0.353. The van der Waals surface area contributed by atoms with Crippen LogP contribution in [0.5, 0.6) is 0 Å². The minimum atomic E-state index is 0.0113. The first-order valence-corrected chi connectivity index (χ1v) is 21.7. The van der Waals surface area contributed by atoms with Gasteiger partial charge in [-0.1, -0.05) is 148 Å². The van der Waals surface area contributed by atoms with Crippen LogP contribution in [0.4, 0.5) is 34.1 Å². The van der Waals surface area contributed by atoms with Crippen molar-refractivity contribution in [1.82, 2.24) is 0 Å². The molecule has 0 N–H and O–H groups in total. The Morgan fingerprint density at radius 1 is 0.386 bits per heavy atom. The molecule has 0 atom stereocenters. The first-order chi connectivity index (χ1) is 28.3. The smallest absolute Gasteiger partial charge is 0.252 e. The summed E-state index contributed by atoms with van der Waals surface area (Å²) in [7, 11) is 0. The fourth-order valence-corrected chi connectivity index (χ4v) is 13.1. The zero-order valence-electron chi connectivity index (χ0n) is 32.5. The van der Waals surface area contributed by atoms with Crippen LogP contribution in [0.2, 0.25) is 0 Å². The number of anilines is 6. The zero-order chi connectivity index (χ0) is 37.3. The maximum Gasteiger partial charge on any atom is 0.252 e. The SMILES string of the molecule is c1ccc(N2c3ccccc3B3c4c(ccc5c4-c4ccccc4C54CCCCC4)N(c4ccccc4)c4c3c2cc2c4-c3ccccc3C23CCCCC3)cc1.